The van der Waals surface area contributed by atoms with Gasteiger partial charge in [0.1, 0.15) is 0 Å². The van der Waals surface area contributed by atoms with Crippen LogP contribution in [0.3, 0.4) is 0 Å². The zero-order valence-electron chi connectivity index (χ0n) is 15.7. The lowest BCUT2D eigenvalue weighted by atomic mass is 10.1. The number of urea groups is 1. The second-order valence-corrected chi connectivity index (χ2v) is 7.06. The molecular weight excluding hydrogens is 322 g/mol. The van der Waals surface area contributed by atoms with Crippen LogP contribution >= 0.6 is 0 Å². The minimum atomic E-state index is 0.00822. The molecule has 0 bridgehead atoms. The lowest BCUT2D eigenvalue weighted by Gasteiger charge is -2.31. The summed E-state index contributed by atoms with van der Waals surface area (Å²) in [7, 11) is 0. The summed E-state index contributed by atoms with van der Waals surface area (Å²) in [5.74, 6) is 0. The first-order chi connectivity index (χ1) is 12.6. The lowest BCUT2D eigenvalue weighted by molar-refractivity contribution is -0.898. The first-order valence-electron chi connectivity index (χ1n) is 9.29. The monoisotopic (exact) mass is 350 g/mol. The normalized spacial score (nSPS) is 15.4. The molecule has 136 valence electrons. The summed E-state index contributed by atoms with van der Waals surface area (Å²) in [5, 5.41) is 3.04. The van der Waals surface area contributed by atoms with E-state index in [0.29, 0.717) is 0 Å². The number of anilines is 1. The predicted molar refractivity (Wildman–Crippen MR) is 108 cm³/mol. The van der Waals surface area contributed by atoms with Crippen LogP contribution in [0.2, 0.25) is 0 Å². The van der Waals surface area contributed by atoms with E-state index in [0.717, 1.165) is 38.4 Å². The number of piperazine rings is 1. The summed E-state index contributed by atoms with van der Waals surface area (Å²) >= 11 is 0. The van der Waals surface area contributed by atoms with E-state index >= 15 is 0 Å². The van der Waals surface area contributed by atoms with Crippen molar-refractivity contribution in [1.29, 1.82) is 0 Å². The molecule has 0 atom stereocenters. The number of nitrogens with zero attached hydrogens (tertiary/aromatic N) is 1. The molecular formula is C22H28N3O+. The van der Waals surface area contributed by atoms with Crippen molar-refractivity contribution in [3.8, 4) is 0 Å². The Morgan fingerprint density at radius 2 is 1.73 bits per heavy atom. The molecule has 0 saturated carbocycles. The molecule has 0 aliphatic carbocycles. The number of carbonyl (C=O) groups is 1. The molecule has 1 aliphatic heterocycles. The maximum absolute atomic E-state index is 12.5. The highest BCUT2D eigenvalue weighted by molar-refractivity contribution is 5.89. The summed E-state index contributed by atoms with van der Waals surface area (Å²) in [6.45, 7) is 8.66. The van der Waals surface area contributed by atoms with Crippen LogP contribution < -0.4 is 10.2 Å². The van der Waals surface area contributed by atoms with Gasteiger partial charge in [-0.2, -0.15) is 0 Å². The maximum Gasteiger partial charge on any atom is 0.322 e. The van der Waals surface area contributed by atoms with E-state index in [2.05, 4.69) is 47.8 Å². The fourth-order valence-corrected chi connectivity index (χ4v) is 3.41. The van der Waals surface area contributed by atoms with E-state index < -0.39 is 0 Å². The zero-order chi connectivity index (χ0) is 18.4. The second kappa shape index (κ2) is 8.68. The van der Waals surface area contributed by atoms with Crippen LogP contribution in [0.1, 0.15) is 16.7 Å². The van der Waals surface area contributed by atoms with Gasteiger partial charge in [-0.1, -0.05) is 42.5 Å². The minimum Gasteiger partial charge on any atom is -0.329 e. The fraction of sp³-hybridized carbons (Fsp3) is 0.318. The molecule has 2 N–H and O–H groups in total. The summed E-state index contributed by atoms with van der Waals surface area (Å²) in [5.41, 5.74) is 4.45. The van der Waals surface area contributed by atoms with Crippen molar-refractivity contribution in [2.75, 3.05) is 38.0 Å². The lowest BCUT2D eigenvalue weighted by Crippen LogP contribution is -3.14. The van der Waals surface area contributed by atoms with Gasteiger partial charge in [-0.05, 0) is 48.7 Å². The van der Waals surface area contributed by atoms with Gasteiger partial charge in [-0.3, -0.25) is 0 Å². The number of aryl methyl sites for hydroxylation is 2. The molecule has 0 radical (unpaired) electrons. The van der Waals surface area contributed by atoms with Crippen molar-refractivity contribution in [3.63, 3.8) is 0 Å². The van der Waals surface area contributed by atoms with E-state index in [1.54, 1.807) is 0 Å². The Morgan fingerprint density at radius 1 is 1.08 bits per heavy atom. The van der Waals surface area contributed by atoms with Crippen molar-refractivity contribution < 1.29 is 9.69 Å². The van der Waals surface area contributed by atoms with Crippen molar-refractivity contribution in [1.82, 2.24) is 4.90 Å². The molecule has 3 rings (SSSR count). The Balaban J connectivity index is 1.45. The van der Waals surface area contributed by atoms with E-state index in [9.17, 15) is 4.79 Å². The zero-order valence-corrected chi connectivity index (χ0v) is 15.7. The number of amides is 2. The van der Waals surface area contributed by atoms with Crippen LogP contribution in [0.25, 0.3) is 6.08 Å². The van der Waals surface area contributed by atoms with Gasteiger partial charge in [0.05, 0.1) is 32.7 Å². The first kappa shape index (κ1) is 18.2. The number of hydrogen-bond donors (Lipinski definition) is 2. The van der Waals surface area contributed by atoms with Crippen molar-refractivity contribution in [2.24, 2.45) is 0 Å². The van der Waals surface area contributed by atoms with Gasteiger partial charge >= 0.3 is 6.03 Å². The number of rotatable bonds is 4. The molecule has 2 aromatic rings. The molecule has 0 spiro atoms. The molecule has 26 heavy (non-hydrogen) atoms. The Morgan fingerprint density at radius 3 is 2.38 bits per heavy atom. The molecule has 1 heterocycles. The summed E-state index contributed by atoms with van der Waals surface area (Å²) in [6.07, 6.45) is 4.40. The third-order valence-corrected chi connectivity index (χ3v) is 4.75. The predicted octanol–water partition coefficient (Wildman–Crippen LogP) is 2.75. The fourth-order valence-electron chi connectivity index (χ4n) is 3.41. The van der Waals surface area contributed by atoms with Crippen LogP contribution in [0.4, 0.5) is 10.5 Å². The Hall–Kier alpha value is -2.59. The summed E-state index contributed by atoms with van der Waals surface area (Å²) < 4.78 is 0. The Kier molecular flexibility index (Phi) is 6.08. The third kappa shape index (κ3) is 5.20. The average molecular weight is 350 g/mol. The molecule has 1 fully saturated rings. The molecule has 1 aliphatic rings. The average Bonchev–Trinajstić information content (AvgIpc) is 2.62. The van der Waals surface area contributed by atoms with E-state index in [4.69, 9.17) is 0 Å². The van der Waals surface area contributed by atoms with Crippen LogP contribution in [0.15, 0.2) is 54.6 Å². The summed E-state index contributed by atoms with van der Waals surface area (Å²) in [4.78, 5) is 15.9. The van der Waals surface area contributed by atoms with Gasteiger partial charge in [0.15, 0.2) is 0 Å². The quantitative estimate of drug-likeness (QED) is 0.874. The van der Waals surface area contributed by atoms with E-state index in [1.807, 2.05) is 36.9 Å². The van der Waals surface area contributed by atoms with Crippen LogP contribution in [-0.2, 0) is 0 Å². The van der Waals surface area contributed by atoms with Gasteiger partial charge in [-0.15, -0.1) is 0 Å². The van der Waals surface area contributed by atoms with Gasteiger partial charge in [0.2, 0.25) is 0 Å². The molecule has 4 heteroatoms. The van der Waals surface area contributed by atoms with Crippen LogP contribution in [0, 0.1) is 13.8 Å². The topological polar surface area (TPSA) is 36.8 Å². The number of hydrogen-bond acceptors (Lipinski definition) is 1. The molecule has 1 saturated heterocycles. The van der Waals surface area contributed by atoms with E-state index in [-0.39, 0.29) is 6.03 Å². The van der Waals surface area contributed by atoms with Crippen LogP contribution in [0.5, 0.6) is 0 Å². The molecule has 0 unspecified atom stereocenters. The largest absolute Gasteiger partial charge is 0.329 e. The Labute approximate surface area is 156 Å². The maximum atomic E-state index is 12.5. The third-order valence-electron chi connectivity index (χ3n) is 4.75. The SMILES string of the molecule is Cc1cc(C)cc(NC(=O)N2CC[NH+](C/C=C/c3ccccc3)CC2)c1. The number of carbonyl (C=O) groups excluding carboxylic acids is 1. The standard InChI is InChI=1S/C22H27N3O/c1-18-15-19(2)17-21(16-18)23-22(26)25-13-11-24(12-14-25)10-6-9-20-7-4-3-5-8-20/h3-9,15-17H,10-14H2,1-2H3,(H,23,26)/p+1/b9-6+. The van der Waals surface area contributed by atoms with Gasteiger partial charge < -0.3 is 15.1 Å². The molecule has 2 aromatic carbocycles. The molecule has 4 nitrogen and oxygen atoms in total. The van der Waals surface area contributed by atoms with E-state index in [1.165, 1.54) is 21.6 Å². The van der Waals surface area contributed by atoms with Crippen molar-refractivity contribution in [2.45, 2.75) is 13.8 Å². The highest BCUT2D eigenvalue weighted by Gasteiger charge is 2.22. The number of benzene rings is 2. The highest BCUT2D eigenvalue weighted by Crippen LogP contribution is 2.14. The minimum absolute atomic E-state index is 0.00822. The first-order valence-corrected chi connectivity index (χ1v) is 9.29. The van der Waals surface area contributed by atoms with Crippen LogP contribution in [-0.4, -0.2) is 43.7 Å². The highest BCUT2D eigenvalue weighted by atomic mass is 16.2. The number of quaternary nitrogens is 1. The second-order valence-electron chi connectivity index (χ2n) is 7.06. The molecule has 2 amide bonds. The van der Waals surface area contributed by atoms with Gasteiger partial charge in [-0.25, -0.2) is 4.79 Å². The Bertz CT molecular complexity index is 742. The van der Waals surface area contributed by atoms with Gasteiger partial charge in [0.25, 0.3) is 0 Å². The molecule has 0 aromatic heterocycles. The smallest absolute Gasteiger partial charge is 0.322 e. The van der Waals surface area contributed by atoms with Crippen molar-refractivity contribution in [3.05, 3.63) is 71.3 Å². The van der Waals surface area contributed by atoms with Gasteiger partial charge in [0, 0.05) is 5.69 Å². The van der Waals surface area contributed by atoms with Crippen molar-refractivity contribution >= 4 is 17.8 Å². The summed E-state index contributed by atoms with van der Waals surface area (Å²) in [6, 6.07) is 16.5. The number of nitrogens with one attached hydrogen (secondary N) is 2.